The number of aromatic nitrogens is 1. The highest BCUT2D eigenvalue weighted by atomic mass is 15.1. The summed E-state index contributed by atoms with van der Waals surface area (Å²) in [6, 6.07) is 6.60. The first-order valence-corrected chi connectivity index (χ1v) is 5.58. The molecule has 0 fully saturated rings. The van der Waals surface area contributed by atoms with Crippen LogP contribution in [0.4, 0.5) is 0 Å². The normalized spacial score (nSPS) is 11.3. The fraction of sp³-hybridized carbons (Fsp3) is 0.583. The first-order chi connectivity index (χ1) is 7.24. The number of hydrogen-bond donors (Lipinski definition) is 1. The van der Waals surface area contributed by atoms with E-state index in [9.17, 15) is 0 Å². The van der Waals surface area contributed by atoms with Crippen LogP contribution in [-0.2, 0) is 6.42 Å². The highest BCUT2D eigenvalue weighted by Gasteiger charge is 2.07. The lowest BCUT2D eigenvalue weighted by Gasteiger charge is -2.25. The summed E-state index contributed by atoms with van der Waals surface area (Å²) >= 11 is 0. The van der Waals surface area contributed by atoms with E-state index >= 15 is 0 Å². The number of nitrogens with zero attached hydrogens (tertiary/aromatic N) is 2. The van der Waals surface area contributed by atoms with Gasteiger partial charge in [0.2, 0.25) is 0 Å². The van der Waals surface area contributed by atoms with Crippen LogP contribution in [0, 0.1) is 0 Å². The van der Waals surface area contributed by atoms with Crippen molar-refractivity contribution in [1.29, 1.82) is 0 Å². The molecule has 0 saturated heterocycles. The third kappa shape index (κ3) is 4.40. The molecule has 0 aliphatic carbocycles. The summed E-state index contributed by atoms with van der Waals surface area (Å²) in [6.45, 7) is 7.12. The Morgan fingerprint density at radius 3 is 2.67 bits per heavy atom. The van der Waals surface area contributed by atoms with Gasteiger partial charge < -0.3 is 5.73 Å². The van der Waals surface area contributed by atoms with Gasteiger partial charge in [-0.15, -0.1) is 0 Å². The summed E-state index contributed by atoms with van der Waals surface area (Å²) in [5.74, 6) is 0. The summed E-state index contributed by atoms with van der Waals surface area (Å²) in [6.07, 6.45) is 2.84. The van der Waals surface area contributed by atoms with Gasteiger partial charge in [0.25, 0.3) is 0 Å². The lowest BCUT2D eigenvalue weighted by molar-refractivity contribution is 0.230. The van der Waals surface area contributed by atoms with Gasteiger partial charge in [-0.1, -0.05) is 6.07 Å². The monoisotopic (exact) mass is 207 g/mol. The molecule has 0 radical (unpaired) electrons. The Morgan fingerprint density at radius 2 is 2.13 bits per heavy atom. The van der Waals surface area contributed by atoms with Crippen LogP contribution in [0.3, 0.4) is 0 Å². The molecule has 0 aromatic carbocycles. The molecule has 2 N–H and O–H groups in total. The molecule has 0 aliphatic rings. The van der Waals surface area contributed by atoms with E-state index in [1.54, 1.807) is 0 Å². The molecule has 3 nitrogen and oxygen atoms in total. The molecule has 1 rings (SSSR count). The van der Waals surface area contributed by atoms with Crippen molar-refractivity contribution < 1.29 is 0 Å². The minimum absolute atomic E-state index is 0.553. The first-order valence-electron chi connectivity index (χ1n) is 5.58. The van der Waals surface area contributed by atoms with E-state index in [1.807, 2.05) is 18.3 Å². The maximum Gasteiger partial charge on any atom is 0.0416 e. The van der Waals surface area contributed by atoms with Gasteiger partial charge >= 0.3 is 0 Å². The quantitative estimate of drug-likeness (QED) is 0.764. The Balaban J connectivity index is 2.40. The highest BCUT2D eigenvalue weighted by molar-refractivity contribution is 5.03. The molecule has 1 aromatic heterocycles. The van der Waals surface area contributed by atoms with E-state index in [4.69, 9.17) is 5.73 Å². The van der Waals surface area contributed by atoms with Crippen LogP contribution < -0.4 is 5.73 Å². The van der Waals surface area contributed by atoms with Crippen molar-refractivity contribution in [3.63, 3.8) is 0 Å². The number of pyridine rings is 1. The van der Waals surface area contributed by atoms with Crippen molar-refractivity contribution in [3.05, 3.63) is 30.1 Å². The van der Waals surface area contributed by atoms with Gasteiger partial charge in [-0.2, -0.15) is 0 Å². The van der Waals surface area contributed by atoms with Crippen molar-refractivity contribution >= 4 is 0 Å². The van der Waals surface area contributed by atoms with Crippen LogP contribution in [0.15, 0.2) is 24.4 Å². The Morgan fingerprint density at radius 1 is 1.33 bits per heavy atom. The molecular weight excluding hydrogens is 186 g/mol. The SMILES string of the molecule is CC(C)N(CCN)CCc1ccccn1. The minimum atomic E-state index is 0.553. The van der Waals surface area contributed by atoms with Crippen molar-refractivity contribution in [2.75, 3.05) is 19.6 Å². The predicted octanol–water partition coefficient (Wildman–Crippen LogP) is 1.29. The molecule has 0 bridgehead atoms. The summed E-state index contributed by atoms with van der Waals surface area (Å²) in [7, 11) is 0. The van der Waals surface area contributed by atoms with Gasteiger partial charge in [0.05, 0.1) is 0 Å². The molecule has 1 aromatic rings. The Bertz CT molecular complexity index is 259. The van der Waals surface area contributed by atoms with Crippen LogP contribution in [0.25, 0.3) is 0 Å². The molecule has 3 heteroatoms. The maximum absolute atomic E-state index is 5.58. The van der Waals surface area contributed by atoms with Crippen molar-refractivity contribution in [3.8, 4) is 0 Å². The Kier molecular flexibility index (Phi) is 5.29. The van der Waals surface area contributed by atoms with Gasteiger partial charge in [-0.25, -0.2) is 0 Å². The molecule has 84 valence electrons. The van der Waals surface area contributed by atoms with Crippen molar-refractivity contribution in [2.24, 2.45) is 5.73 Å². The first kappa shape index (κ1) is 12.1. The summed E-state index contributed by atoms with van der Waals surface area (Å²) < 4.78 is 0. The van der Waals surface area contributed by atoms with Crippen molar-refractivity contribution in [2.45, 2.75) is 26.3 Å². The van der Waals surface area contributed by atoms with E-state index < -0.39 is 0 Å². The topological polar surface area (TPSA) is 42.1 Å². The lowest BCUT2D eigenvalue weighted by atomic mass is 10.2. The second kappa shape index (κ2) is 6.53. The Hall–Kier alpha value is -0.930. The van der Waals surface area contributed by atoms with Gasteiger partial charge in [-0.05, 0) is 26.0 Å². The number of hydrogen-bond acceptors (Lipinski definition) is 3. The predicted molar refractivity (Wildman–Crippen MR) is 63.7 cm³/mol. The van der Waals surface area contributed by atoms with Crippen LogP contribution in [0.5, 0.6) is 0 Å². The molecule has 0 atom stereocenters. The number of rotatable bonds is 6. The van der Waals surface area contributed by atoms with Crippen LogP contribution in [0.1, 0.15) is 19.5 Å². The van der Waals surface area contributed by atoms with Gasteiger partial charge in [0.15, 0.2) is 0 Å². The van der Waals surface area contributed by atoms with E-state index in [-0.39, 0.29) is 0 Å². The van der Waals surface area contributed by atoms with Gasteiger partial charge in [-0.3, -0.25) is 9.88 Å². The summed E-state index contributed by atoms with van der Waals surface area (Å²) in [4.78, 5) is 6.70. The fourth-order valence-electron chi connectivity index (χ4n) is 1.60. The fourth-order valence-corrected chi connectivity index (χ4v) is 1.60. The smallest absolute Gasteiger partial charge is 0.0416 e. The lowest BCUT2D eigenvalue weighted by Crippen LogP contribution is -2.36. The molecule has 0 saturated carbocycles. The van der Waals surface area contributed by atoms with Crippen LogP contribution >= 0.6 is 0 Å². The third-order valence-corrected chi connectivity index (χ3v) is 2.53. The Labute approximate surface area is 92.3 Å². The standard InChI is InChI=1S/C12H21N3/c1-11(2)15(10-7-13)9-6-12-5-3-4-8-14-12/h3-5,8,11H,6-7,9-10,13H2,1-2H3. The van der Waals surface area contributed by atoms with E-state index in [2.05, 4.69) is 29.8 Å². The molecule has 15 heavy (non-hydrogen) atoms. The number of nitrogens with two attached hydrogens (primary N) is 1. The second-order valence-corrected chi connectivity index (χ2v) is 3.99. The third-order valence-electron chi connectivity index (χ3n) is 2.53. The van der Waals surface area contributed by atoms with Crippen LogP contribution in [0.2, 0.25) is 0 Å². The molecular formula is C12H21N3. The largest absolute Gasteiger partial charge is 0.329 e. The highest BCUT2D eigenvalue weighted by Crippen LogP contribution is 2.01. The molecule has 0 spiro atoms. The van der Waals surface area contributed by atoms with Crippen LogP contribution in [-0.4, -0.2) is 35.6 Å². The summed E-state index contributed by atoms with van der Waals surface area (Å²) in [5.41, 5.74) is 6.73. The van der Waals surface area contributed by atoms with E-state index in [0.717, 1.165) is 31.7 Å². The molecule has 1 heterocycles. The average molecular weight is 207 g/mol. The molecule has 0 amide bonds. The zero-order valence-corrected chi connectivity index (χ0v) is 9.69. The van der Waals surface area contributed by atoms with E-state index in [0.29, 0.717) is 6.04 Å². The molecule has 0 unspecified atom stereocenters. The molecule has 0 aliphatic heterocycles. The van der Waals surface area contributed by atoms with Gasteiger partial charge in [0, 0.05) is 44.0 Å². The van der Waals surface area contributed by atoms with Gasteiger partial charge in [0.1, 0.15) is 0 Å². The second-order valence-electron chi connectivity index (χ2n) is 3.99. The van der Waals surface area contributed by atoms with E-state index in [1.165, 1.54) is 0 Å². The summed E-state index contributed by atoms with van der Waals surface area (Å²) in [5, 5.41) is 0. The average Bonchev–Trinajstić information content (AvgIpc) is 2.25. The van der Waals surface area contributed by atoms with Crippen molar-refractivity contribution in [1.82, 2.24) is 9.88 Å². The minimum Gasteiger partial charge on any atom is -0.329 e. The maximum atomic E-state index is 5.58. The zero-order valence-electron chi connectivity index (χ0n) is 9.69. The zero-order chi connectivity index (χ0) is 11.1.